The van der Waals surface area contributed by atoms with Gasteiger partial charge in [-0.15, -0.1) is 0 Å². The first kappa shape index (κ1) is 18.2. The van der Waals surface area contributed by atoms with Crippen molar-refractivity contribution in [3.63, 3.8) is 0 Å². The van der Waals surface area contributed by atoms with Gasteiger partial charge >= 0.3 is 6.18 Å². The lowest BCUT2D eigenvalue weighted by atomic mass is 10.0. The Kier molecular flexibility index (Phi) is 5.35. The Labute approximate surface area is 126 Å². The summed E-state index contributed by atoms with van der Waals surface area (Å²) >= 11 is 0. The predicted molar refractivity (Wildman–Crippen MR) is 74.7 cm³/mol. The molecule has 0 aliphatic carbocycles. The fourth-order valence-corrected chi connectivity index (χ4v) is 1.94. The number of likely N-dealkylation sites (N-methyl/N-ethyl adjacent to an activating group) is 1. The number of ketones is 1. The molecule has 1 aromatic carbocycles. The molecule has 1 atom stereocenters. The lowest BCUT2D eigenvalue weighted by Gasteiger charge is -2.32. The van der Waals surface area contributed by atoms with E-state index in [1.165, 1.54) is 32.0 Å². The SMILES string of the molecule is CCN(CC(C)(O)C(F)(F)F)C(=O)c1ccccc1C(C)=O. The van der Waals surface area contributed by atoms with Gasteiger partial charge in [0.15, 0.2) is 11.4 Å². The first-order chi connectivity index (χ1) is 10.0. The molecule has 0 heterocycles. The van der Waals surface area contributed by atoms with Gasteiger partial charge < -0.3 is 10.0 Å². The van der Waals surface area contributed by atoms with E-state index in [4.69, 9.17) is 0 Å². The number of aliphatic hydroxyl groups is 1. The zero-order valence-electron chi connectivity index (χ0n) is 12.6. The van der Waals surface area contributed by atoms with Gasteiger partial charge in [0.25, 0.3) is 5.91 Å². The molecule has 0 bridgehead atoms. The monoisotopic (exact) mass is 317 g/mol. The van der Waals surface area contributed by atoms with Crippen LogP contribution in [-0.2, 0) is 0 Å². The largest absolute Gasteiger partial charge is 0.418 e. The molecule has 0 radical (unpaired) electrons. The molecule has 0 aliphatic rings. The molecule has 1 aromatic rings. The Morgan fingerprint density at radius 2 is 1.68 bits per heavy atom. The molecule has 122 valence electrons. The van der Waals surface area contributed by atoms with Gasteiger partial charge in [0.2, 0.25) is 0 Å². The Morgan fingerprint density at radius 3 is 2.09 bits per heavy atom. The van der Waals surface area contributed by atoms with E-state index in [0.29, 0.717) is 6.92 Å². The van der Waals surface area contributed by atoms with Gasteiger partial charge in [-0.05, 0) is 26.8 Å². The summed E-state index contributed by atoms with van der Waals surface area (Å²) in [5.74, 6) is -1.08. The second-order valence-corrected chi connectivity index (χ2v) is 5.19. The van der Waals surface area contributed by atoms with E-state index < -0.39 is 24.2 Å². The molecule has 1 amide bonds. The molecule has 7 heteroatoms. The molecule has 1 unspecified atom stereocenters. The van der Waals surface area contributed by atoms with Crippen molar-refractivity contribution in [2.75, 3.05) is 13.1 Å². The number of nitrogens with zero attached hydrogens (tertiary/aromatic N) is 1. The third-order valence-electron chi connectivity index (χ3n) is 3.32. The third kappa shape index (κ3) is 3.85. The zero-order chi connectivity index (χ0) is 17.1. The van der Waals surface area contributed by atoms with Crippen LogP contribution in [0.4, 0.5) is 13.2 Å². The molecule has 4 nitrogen and oxygen atoms in total. The molecule has 0 saturated heterocycles. The van der Waals surface area contributed by atoms with Crippen LogP contribution < -0.4 is 0 Å². The molecular weight excluding hydrogens is 299 g/mol. The van der Waals surface area contributed by atoms with Crippen molar-refractivity contribution < 1.29 is 27.9 Å². The summed E-state index contributed by atoms with van der Waals surface area (Å²) < 4.78 is 38.3. The maximum atomic E-state index is 12.8. The van der Waals surface area contributed by atoms with Crippen molar-refractivity contribution in [1.82, 2.24) is 4.90 Å². The minimum Gasteiger partial charge on any atom is -0.379 e. The van der Waals surface area contributed by atoms with E-state index in [2.05, 4.69) is 0 Å². The van der Waals surface area contributed by atoms with Gasteiger partial charge in [-0.1, -0.05) is 18.2 Å². The number of carbonyl (C=O) groups excluding carboxylic acids is 2. The standard InChI is InChI=1S/C15H18F3NO3/c1-4-19(9-14(3,22)15(16,17)18)13(21)12-8-6-5-7-11(12)10(2)20/h5-8,22H,4,9H2,1-3H3. The van der Waals surface area contributed by atoms with Crippen LogP contribution >= 0.6 is 0 Å². The Morgan fingerprint density at radius 1 is 1.18 bits per heavy atom. The number of alkyl halides is 3. The van der Waals surface area contributed by atoms with Crippen molar-refractivity contribution in [2.24, 2.45) is 0 Å². The molecule has 0 aromatic heterocycles. The van der Waals surface area contributed by atoms with Crippen molar-refractivity contribution in [3.8, 4) is 0 Å². The average molecular weight is 317 g/mol. The first-order valence-electron chi connectivity index (χ1n) is 6.69. The number of hydrogen-bond donors (Lipinski definition) is 1. The van der Waals surface area contributed by atoms with Crippen LogP contribution in [0.25, 0.3) is 0 Å². The highest BCUT2D eigenvalue weighted by Gasteiger charge is 2.51. The third-order valence-corrected chi connectivity index (χ3v) is 3.32. The number of carbonyl (C=O) groups is 2. The fourth-order valence-electron chi connectivity index (χ4n) is 1.94. The average Bonchev–Trinajstić information content (AvgIpc) is 2.42. The molecule has 0 aliphatic heterocycles. The zero-order valence-corrected chi connectivity index (χ0v) is 12.6. The van der Waals surface area contributed by atoms with E-state index in [-0.39, 0.29) is 23.5 Å². The van der Waals surface area contributed by atoms with Crippen molar-refractivity contribution in [1.29, 1.82) is 0 Å². The van der Waals surface area contributed by atoms with Crippen molar-refractivity contribution >= 4 is 11.7 Å². The molecule has 1 rings (SSSR count). The summed E-state index contributed by atoms with van der Waals surface area (Å²) in [7, 11) is 0. The first-order valence-corrected chi connectivity index (χ1v) is 6.69. The maximum absolute atomic E-state index is 12.8. The Hall–Kier alpha value is -1.89. The summed E-state index contributed by atoms with van der Waals surface area (Å²) in [6.45, 7) is 2.45. The summed E-state index contributed by atoms with van der Waals surface area (Å²) in [4.78, 5) is 24.8. The topological polar surface area (TPSA) is 57.6 Å². The lowest BCUT2D eigenvalue weighted by Crippen LogP contribution is -2.52. The van der Waals surface area contributed by atoms with E-state index >= 15 is 0 Å². The molecule has 1 N–H and O–H groups in total. The fraction of sp³-hybridized carbons (Fsp3) is 0.467. The van der Waals surface area contributed by atoms with E-state index in [1.54, 1.807) is 6.07 Å². The van der Waals surface area contributed by atoms with Gasteiger partial charge in [-0.3, -0.25) is 9.59 Å². The van der Waals surface area contributed by atoms with E-state index in [9.17, 15) is 27.9 Å². The van der Waals surface area contributed by atoms with Crippen molar-refractivity contribution in [2.45, 2.75) is 32.5 Å². The second kappa shape index (κ2) is 6.48. The summed E-state index contributed by atoms with van der Waals surface area (Å²) in [6, 6.07) is 5.90. The molecule has 22 heavy (non-hydrogen) atoms. The lowest BCUT2D eigenvalue weighted by molar-refractivity contribution is -0.255. The van der Waals surface area contributed by atoms with Crippen molar-refractivity contribution in [3.05, 3.63) is 35.4 Å². The Bertz CT molecular complexity index is 567. The van der Waals surface area contributed by atoms with Gasteiger partial charge in [0, 0.05) is 12.1 Å². The molecule has 0 saturated carbocycles. The van der Waals surface area contributed by atoms with Crippen LogP contribution in [0.5, 0.6) is 0 Å². The van der Waals surface area contributed by atoms with Crippen LogP contribution in [0, 0.1) is 0 Å². The summed E-state index contributed by atoms with van der Waals surface area (Å²) in [5.41, 5.74) is -2.86. The number of rotatable bonds is 5. The number of benzene rings is 1. The normalized spacial score (nSPS) is 14.3. The molecule has 0 fully saturated rings. The Balaban J connectivity index is 3.12. The highest BCUT2D eigenvalue weighted by Crippen LogP contribution is 2.31. The predicted octanol–water partition coefficient (Wildman–Crippen LogP) is 2.66. The quantitative estimate of drug-likeness (QED) is 0.850. The number of hydrogen-bond acceptors (Lipinski definition) is 3. The summed E-state index contributed by atoms with van der Waals surface area (Å²) in [6.07, 6.45) is -4.86. The van der Waals surface area contributed by atoms with Crippen LogP contribution in [-0.4, -0.2) is 46.6 Å². The van der Waals surface area contributed by atoms with Crippen LogP contribution in [0.3, 0.4) is 0 Å². The molecular formula is C15H18F3NO3. The smallest absolute Gasteiger partial charge is 0.379 e. The minimum absolute atomic E-state index is 0.0230. The second-order valence-electron chi connectivity index (χ2n) is 5.19. The number of amides is 1. The van der Waals surface area contributed by atoms with Crippen LogP contribution in [0.15, 0.2) is 24.3 Å². The van der Waals surface area contributed by atoms with E-state index in [0.717, 1.165) is 4.90 Å². The maximum Gasteiger partial charge on any atom is 0.418 e. The van der Waals surface area contributed by atoms with Gasteiger partial charge in [-0.2, -0.15) is 13.2 Å². The molecule has 0 spiro atoms. The van der Waals surface area contributed by atoms with Crippen LogP contribution in [0.2, 0.25) is 0 Å². The highest BCUT2D eigenvalue weighted by atomic mass is 19.4. The minimum atomic E-state index is -4.86. The van der Waals surface area contributed by atoms with Crippen LogP contribution in [0.1, 0.15) is 41.5 Å². The highest BCUT2D eigenvalue weighted by molar-refractivity contribution is 6.07. The van der Waals surface area contributed by atoms with Gasteiger partial charge in [-0.25, -0.2) is 0 Å². The van der Waals surface area contributed by atoms with Gasteiger partial charge in [0.05, 0.1) is 12.1 Å². The number of halogens is 3. The number of Topliss-reactive ketones (excluding diaryl/α,β-unsaturated/α-hetero) is 1. The van der Waals surface area contributed by atoms with E-state index in [1.807, 2.05) is 0 Å². The summed E-state index contributed by atoms with van der Waals surface area (Å²) in [5, 5.41) is 9.54. The van der Waals surface area contributed by atoms with Gasteiger partial charge in [0.1, 0.15) is 0 Å².